The van der Waals surface area contributed by atoms with Crippen LogP contribution in [-0.4, -0.2) is 36.6 Å². The van der Waals surface area contributed by atoms with Crippen LogP contribution in [0.3, 0.4) is 0 Å². The van der Waals surface area contributed by atoms with Gasteiger partial charge in [0, 0.05) is 11.8 Å². The first-order chi connectivity index (χ1) is 14.7. The van der Waals surface area contributed by atoms with Crippen molar-refractivity contribution in [2.24, 2.45) is 0 Å². The molecule has 1 unspecified atom stereocenters. The molecule has 1 atom stereocenters. The molecule has 0 saturated carbocycles. The standard InChI is InChI=1S/C21H21FN2O7/c1-4-5-14-6-9-18(19(10-14)29-3)30-12-20(25)31-13(2)21(26)23-15-7-8-16(22)17(11-15)24(27)28/h4-11,13H,12H2,1-3H3,(H,23,26)/b5-4+. The number of hydrogen-bond donors (Lipinski definition) is 1. The molecule has 0 aromatic heterocycles. The quantitative estimate of drug-likeness (QED) is 0.364. The smallest absolute Gasteiger partial charge is 0.344 e. The molecule has 0 heterocycles. The zero-order chi connectivity index (χ0) is 23.0. The van der Waals surface area contributed by atoms with Gasteiger partial charge in [-0.3, -0.25) is 14.9 Å². The monoisotopic (exact) mass is 432 g/mol. The highest BCUT2D eigenvalue weighted by atomic mass is 19.1. The Morgan fingerprint density at radius 3 is 2.61 bits per heavy atom. The van der Waals surface area contributed by atoms with Crippen LogP contribution in [0, 0.1) is 15.9 Å². The number of nitro groups is 1. The molecule has 0 spiro atoms. The van der Waals surface area contributed by atoms with Crippen LogP contribution in [0.25, 0.3) is 6.08 Å². The van der Waals surface area contributed by atoms with Gasteiger partial charge in [0.05, 0.1) is 12.0 Å². The molecule has 0 aliphatic carbocycles. The minimum absolute atomic E-state index is 0.0109. The molecule has 2 aromatic carbocycles. The first kappa shape index (κ1) is 23.3. The molecule has 164 valence electrons. The second-order valence-corrected chi connectivity index (χ2v) is 6.24. The molecule has 1 N–H and O–H groups in total. The fourth-order valence-corrected chi connectivity index (χ4v) is 2.50. The van der Waals surface area contributed by atoms with Gasteiger partial charge in [0.15, 0.2) is 24.2 Å². The SMILES string of the molecule is C/C=C/c1ccc(OCC(=O)OC(C)C(=O)Nc2ccc(F)c([N+](=O)[O-])c2)c(OC)c1. The number of nitro benzene ring substituents is 1. The molecular weight excluding hydrogens is 411 g/mol. The molecule has 0 fully saturated rings. The number of ether oxygens (including phenoxy) is 3. The summed E-state index contributed by atoms with van der Waals surface area (Å²) >= 11 is 0. The van der Waals surface area contributed by atoms with Gasteiger partial charge < -0.3 is 19.5 Å². The van der Waals surface area contributed by atoms with Gasteiger partial charge in [-0.2, -0.15) is 4.39 Å². The van der Waals surface area contributed by atoms with Gasteiger partial charge in [0.2, 0.25) is 5.82 Å². The average molecular weight is 432 g/mol. The van der Waals surface area contributed by atoms with Crippen molar-refractivity contribution in [2.75, 3.05) is 19.0 Å². The number of methoxy groups -OCH3 is 1. The summed E-state index contributed by atoms with van der Waals surface area (Å²) in [5.74, 6) is -1.85. The number of halogens is 1. The number of carbonyl (C=O) groups is 2. The largest absolute Gasteiger partial charge is 0.493 e. The summed E-state index contributed by atoms with van der Waals surface area (Å²) in [5, 5.41) is 13.1. The van der Waals surface area contributed by atoms with Gasteiger partial charge >= 0.3 is 11.7 Å². The summed E-state index contributed by atoms with van der Waals surface area (Å²) in [6, 6.07) is 8.03. The minimum Gasteiger partial charge on any atom is -0.493 e. The van der Waals surface area contributed by atoms with E-state index in [4.69, 9.17) is 14.2 Å². The van der Waals surface area contributed by atoms with Gasteiger partial charge in [-0.25, -0.2) is 4.79 Å². The Morgan fingerprint density at radius 1 is 1.23 bits per heavy atom. The van der Waals surface area contributed by atoms with Crippen molar-refractivity contribution in [1.29, 1.82) is 0 Å². The number of nitrogens with zero attached hydrogens (tertiary/aromatic N) is 1. The van der Waals surface area contributed by atoms with E-state index >= 15 is 0 Å². The third-order valence-corrected chi connectivity index (χ3v) is 3.98. The maximum absolute atomic E-state index is 13.4. The number of benzene rings is 2. The third-order valence-electron chi connectivity index (χ3n) is 3.98. The summed E-state index contributed by atoms with van der Waals surface area (Å²) < 4.78 is 29.0. The molecule has 1 amide bonds. The van der Waals surface area contributed by atoms with Gasteiger partial charge in [-0.15, -0.1) is 0 Å². The van der Waals surface area contributed by atoms with Crippen molar-refractivity contribution >= 4 is 29.3 Å². The number of hydrogen-bond acceptors (Lipinski definition) is 7. The highest BCUT2D eigenvalue weighted by molar-refractivity contribution is 5.95. The molecule has 10 heteroatoms. The summed E-state index contributed by atoms with van der Waals surface area (Å²) in [6.45, 7) is 2.72. The van der Waals surface area contributed by atoms with Gasteiger partial charge in [0.25, 0.3) is 5.91 Å². The van der Waals surface area contributed by atoms with Crippen molar-refractivity contribution < 1.29 is 33.1 Å². The van der Waals surface area contributed by atoms with Crippen LogP contribution in [0.1, 0.15) is 19.4 Å². The lowest BCUT2D eigenvalue weighted by molar-refractivity contribution is -0.387. The molecule has 0 radical (unpaired) electrons. The topological polar surface area (TPSA) is 117 Å². The molecule has 2 rings (SSSR count). The predicted octanol–water partition coefficient (Wildman–Crippen LogP) is 3.72. The van der Waals surface area contributed by atoms with Crippen molar-refractivity contribution in [3.63, 3.8) is 0 Å². The van der Waals surface area contributed by atoms with Crippen molar-refractivity contribution in [2.45, 2.75) is 20.0 Å². The molecule has 9 nitrogen and oxygen atoms in total. The molecule has 31 heavy (non-hydrogen) atoms. The van der Waals surface area contributed by atoms with Gasteiger partial charge in [-0.1, -0.05) is 18.2 Å². The lowest BCUT2D eigenvalue weighted by Gasteiger charge is -2.15. The minimum atomic E-state index is -1.22. The van der Waals surface area contributed by atoms with Crippen LogP contribution in [-0.2, 0) is 14.3 Å². The zero-order valence-electron chi connectivity index (χ0n) is 17.1. The summed E-state index contributed by atoms with van der Waals surface area (Å²) in [6.07, 6.45) is 2.51. The normalized spacial score (nSPS) is 11.6. The fourth-order valence-electron chi connectivity index (χ4n) is 2.50. The maximum Gasteiger partial charge on any atom is 0.344 e. The number of allylic oxidation sites excluding steroid dienone is 1. The number of anilines is 1. The van der Waals surface area contributed by atoms with E-state index < -0.39 is 41.0 Å². The van der Waals surface area contributed by atoms with E-state index in [9.17, 15) is 24.1 Å². The Morgan fingerprint density at radius 2 is 1.97 bits per heavy atom. The van der Waals surface area contributed by atoms with Gasteiger partial charge in [-0.05, 0) is 43.7 Å². The van der Waals surface area contributed by atoms with Crippen LogP contribution < -0.4 is 14.8 Å². The first-order valence-corrected chi connectivity index (χ1v) is 9.13. The second kappa shape index (κ2) is 10.7. The molecule has 0 aliphatic heterocycles. The van der Waals surface area contributed by atoms with E-state index in [1.807, 2.05) is 19.1 Å². The summed E-state index contributed by atoms with van der Waals surface area (Å²) in [5.41, 5.74) is 0.0917. The Hall–Kier alpha value is -3.95. The lowest BCUT2D eigenvalue weighted by Crippen LogP contribution is -2.31. The zero-order valence-corrected chi connectivity index (χ0v) is 17.1. The van der Waals surface area contributed by atoms with E-state index in [1.165, 1.54) is 14.0 Å². The second-order valence-electron chi connectivity index (χ2n) is 6.24. The Kier molecular flexibility index (Phi) is 8.07. The van der Waals surface area contributed by atoms with E-state index in [2.05, 4.69) is 5.32 Å². The molecule has 0 saturated heterocycles. The molecular formula is C21H21FN2O7. The van der Waals surface area contributed by atoms with Crippen LogP contribution in [0.2, 0.25) is 0 Å². The van der Waals surface area contributed by atoms with Crippen molar-refractivity contribution in [1.82, 2.24) is 0 Å². The van der Waals surface area contributed by atoms with E-state index in [0.717, 1.165) is 23.8 Å². The Bertz CT molecular complexity index is 1010. The third kappa shape index (κ3) is 6.53. The number of rotatable bonds is 9. The van der Waals surface area contributed by atoms with Crippen LogP contribution in [0.5, 0.6) is 11.5 Å². The highest BCUT2D eigenvalue weighted by Crippen LogP contribution is 2.28. The Labute approximate surface area is 177 Å². The average Bonchev–Trinajstić information content (AvgIpc) is 2.73. The Balaban J connectivity index is 1.93. The summed E-state index contributed by atoms with van der Waals surface area (Å²) in [7, 11) is 1.46. The van der Waals surface area contributed by atoms with Gasteiger partial charge in [0.1, 0.15) is 0 Å². The number of nitrogens with one attached hydrogen (secondary N) is 1. The molecule has 0 bridgehead atoms. The number of esters is 1. The molecule has 2 aromatic rings. The maximum atomic E-state index is 13.4. The van der Waals surface area contributed by atoms with Crippen LogP contribution >= 0.6 is 0 Å². The number of carbonyl (C=O) groups excluding carboxylic acids is 2. The fraction of sp³-hybridized carbons (Fsp3) is 0.238. The predicted molar refractivity (Wildman–Crippen MR) is 110 cm³/mol. The molecule has 0 aliphatic rings. The van der Waals surface area contributed by atoms with Crippen LogP contribution in [0.4, 0.5) is 15.8 Å². The first-order valence-electron chi connectivity index (χ1n) is 9.13. The van der Waals surface area contributed by atoms with Crippen molar-refractivity contribution in [3.8, 4) is 11.5 Å². The van der Waals surface area contributed by atoms with E-state index in [0.29, 0.717) is 11.5 Å². The van der Waals surface area contributed by atoms with E-state index in [1.54, 1.807) is 18.2 Å². The lowest BCUT2D eigenvalue weighted by atomic mass is 10.2. The van der Waals surface area contributed by atoms with Crippen LogP contribution in [0.15, 0.2) is 42.5 Å². The van der Waals surface area contributed by atoms with Crippen molar-refractivity contribution in [3.05, 3.63) is 64.0 Å². The number of amides is 1. The van der Waals surface area contributed by atoms with E-state index in [-0.39, 0.29) is 5.69 Å². The summed E-state index contributed by atoms with van der Waals surface area (Å²) in [4.78, 5) is 34.1. The highest BCUT2D eigenvalue weighted by Gasteiger charge is 2.21.